The topological polar surface area (TPSA) is 75.3 Å². The zero-order chi connectivity index (χ0) is 18.1. The number of fused-ring (bicyclic) bond motifs is 2. The molecule has 0 fully saturated rings. The van der Waals surface area contributed by atoms with Crippen LogP contribution in [0.1, 0.15) is 17.0 Å². The summed E-state index contributed by atoms with van der Waals surface area (Å²) >= 11 is 0. The summed E-state index contributed by atoms with van der Waals surface area (Å²) in [6.07, 6.45) is 0.584. The first kappa shape index (κ1) is 16.5. The maximum Gasteiger partial charge on any atom is 0.323 e. The van der Waals surface area contributed by atoms with Crippen LogP contribution in [0.15, 0.2) is 53.3 Å². The molecule has 0 amide bonds. The van der Waals surface area contributed by atoms with Crippen molar-refractivity contribution in [1.29, 1.82) is 0 Å². The van der Waals surface area contributed by atoms with Gasteiger partial charge in [0.1, 0.15) is 11.9 Å². The predicted molar refractivity (Wildman–Crippen MR) is 97.6 cm³/mol. The molecular weight excluding hydrogens is 330 g/mol. The molecule has 1 aromatic heterocycles. The number of ether oxygens (including phenoxy) is 1. The number of rotatable bonds is 3. The van der Waals surface area contributed by atoms with Gasteiger partial charge in [0.2, 0.25) is 0 Å². The molecule has 0 bridgehead atoms. The van der Waals surface area contributed by atoms with Gasteiger partial charge in [-0.1, -0.05) is 36.4 Å². The van der Waals surface area contributed by atoms with Crippen LogP contribution in [0.25, 0.3) is 10.9 Å². The van der Waals surface area contributed by atoms with Crippen LogP contribution < -0.4 is 5.56 Å². The van der Waals surface area contributed by atoms with Gasteiger partial charge in [0.25, 0.3) is 5.56 Å². The average Bonchev–Trinajstić information content (AvgIpc) is 2.67. The van der Waals surface area contributed by atoms with Gasteiger partial charge in [0.15, 0.2) is 0 Å². The van der Waals surface area contributed by atoms with Crippen molar-refractivity contribution >= 4 is 16.9 Å². The molecule has 132 valence electrons. The lowest BCUT2D eigenvalue weighted by molar-refractivity contribution is -0.148. The number of hydrogen-bond acceptors (Lipinski definition) is 5. The Bertz CT molecular complexity index is 1030. The van der Waals surface area contributed by atoms with Crippen molar-refractivity contribution in [3.8, 4) is 0 Å². The largest absolute Gasteiger partial charge is 0.468 e. The Kier molecular flexibility index (Phi) is 4.26. The number of benzene rings is 2. The molecule has 26 heavy (non-hydrogen) atoms. The number of carbonyl (C=O) groups is 1. The van der Waals surface area contributed by atoms with Crippen LogP contribution >= 0.6 is 0 Å². The van der Waals surface area contributed by atoms with Crippen molar-refractivity contribution in [3.05, 3.63) is 75.8 Å². The molecule has 0 radical (unpaired) electrons. The van der Waals surface area contributed by atoms with Gasteiger partial charge in [-0.3, -0.25) is 14.5 Å². The zero-order valence-corrected chi connectivity index (χ0v) is 14.4. The van der Waals surface area contributed by atoms with Crippen LogP contribution in [0.5, 0.6) is 0 Å². The predicted octanol–water partition coefficient (Wildman–Crippen LogP) is 2.02. The number of esters is 1. The van der Waals surface area contributed by atoms with Gasteiger partial charge in [-0.05, 0) is 29.7 Å². The molecule has 0 spiro atoms. The van der Waals surface area contributed by atoms with Gasteiger partial charge in [-0.15, -0.1) is 0 Å². The Balaban J connectivity index is 1.69. The third-order valence-corrected chi connectivity index (χ3v) is 4.83. The molecule has 1 atom stereocenters. The number of aromatic nitrogens is 2. The summed E-state index contributed by atoms with van der Waals surface area (Å²) in [5.74, 6) is 0.268. The smallest absolute Gasteiger partial charge is 0.323 e. The van der Waals surface area contributed by atoms with Gasteiger partial charge in [-0.25, -0.2) is 4.98 Å². The molecule has 6 heteroatoms. The van der Waals surface area contributed by atoms with E-state index in [-0.39, 0.29) is 11.5 Å². The van der Waals surface area contributed by atoms with E-state index in [1.54, 1.807) is 6.07 Å². The third kappa shape index (κ3) is 2.99. The second-order valence-corrected chi connectivity index (χ2v) is 6.45. The number of methoxy groups -OCH3 is 1. The summed E-state index contributed by atoms with van der Waals surface area (Å²) in [6, 6.07) is 14.9. The maximum absolute atomic E-state index is 12.3. The third-order valence-electron chi connectivity index (χ3n) is 4.83. The molecule has 0 saturated heterocycles. The number of nitrogens with zero attached hydrogens (tertiary/aromatic N) is 2. The van der Waals surface area contributed by atoms with Crippen molar-refractivity contribution in [3.63, 3.8) is 0 Å². The van der Waals surface area contributed by atoms with Crippen LogP contribution in [-0.4, -0.2) is 34.0 Å². The second kappa shape index (κ2) is 6.72. The van der Waals surface area contributed by atoms with Gasteiger partial charge < -0.3 is 9.72 Å². The molecule has 2 heterocycles. The van der Waals surface area contributed by atoms with Crippen molar-refractivity contribution in [2.45, 2.75) is 25.6 Å². The van der Waals surface area contributed by atoms with E-state index in [9.17, 15) is 9.59 Å². The maximum atomic E-state index is 12.3. The molecule has 4 rings (SSSR count). The van der Waals surface area contributed by atoms with E-state index in [0.717, 1.165) is 5.56 Å². The normalized spacial score (nSPS) is 17.0. The van der Waals surface area contributed by atoms with Crippen LogP contribution in [0.4, 0.5) is 0 Å². The highest BCUT2D eigenvalue weighted by Crippen LogP contribution is 2.25. The van der Waals surface area contributed by atoms with Gasteiger partial charge >= 0.3 is 5.97 Å². The fraction of sp³-hybridized carbons (Fsp3) is 0.250. The molecule has 0 saturated carbocycles. The van der Waals surface area contributed by atoms with Crippen LogP contribution in [0, 0.1) is 0 Å². The lowest BCUT2D eigenvalue weighted by atomic mass is 9.94. The van der Waals surface area contributed by atoms with E-state index in [2.05, 4.69) is 16.0 Å². The number of para-hydroxylation sites is 1. The standard InChI is InChI=1S/C20H19N3O3/c1-26-20(25)17-10-13-6-2-3-7-14(13)11-23(17)12-18-21-16-9-5-4-8-15(16)19(24)22-18/h2-9,17H,10-12H2,1H3,(H,21,22,24)/t17-/m1/s1. The number of hydrogen-bond donors (Lipinski definition) is 1. The highest BCUT2D eigenvalue weighted by molar-refractivity contribution is 5.77. The first-order valence-electron chi connectivity index (χ1n) is 8.52. The fourth-order valence-corrected chi connectivity index (χ4v) is 3.51. The summed E-state index contributed by atoms with van der Waals surface area (Å²) in [6.45, 7) is 0.973. The quantitative estimate of drug-likeness (QED) is 0.732. The number of nitrogens with one attached hydrogen (secondary N) is 1. The molecule has 1 aliphatic heterocycles. The Morgan fingerprint density at radius 2 is 1.92 bits per heavy atom. The average molecular weight is 349 g/mol. The van der Waals surface area contributed by atoms with E-state index < -0.39 is 6.04 Å². The highest BCUT2D eigenvalue weighted by atomic mass is 16.5. The first-order valence-corrected chi connectivity index (χ1v) is 8.52. The van der Waals surface area contributed by atoms with Crippen LogP contribution in [0.2, 0.25) is 0 Å². The first-order chi connectivity index (χ1) is 12.7. The lowest BCUT2D eigenvalue weighted by Gasteiger charge is -2.34. The van der Waals surface area contributed by atoms with Crippen LogP contribution in [-0.2, 0) is 29.0 Å². The minimum absolute atomic E-state index is 0.169. The van der Waals surface area contributed by atoms with Gasteiger partial charge in [0, 0.05) is 6.54 Å². The lowest BCUT2D eigenvalue weighted by Crippen LogP contribution is -2.46. The minimum atomic E-state index is -0.397. The van der Waals surface area contributed by atoms with E-state index >= 15 is 0 Å². The Morgan fingerprint density at radius 1 is 1.19 bits per heavy atom. The Labute approximate surface area is 150 Å². The molecule has 2 aromatic carbocycles. The Morgan fingerprint density at radius 3 is 2.73 bits per heavy atom. The molecule has 0 unspecified atom stereocenters. The van der Waals surface area contributed by atoms with E-state index in [1.807, 2.05) is 41.3 Å². The molecule has 3 aromatic rings. The van der Waals surface area contributed by atoms with E-state index in [1.165, 1.54) is 12.7 Å². The zero-order valence-electron chi connectivity index (χ0n) is 14.4. The SMILES string of the molecule is COC(=O)[C@H]1Cc2ccccc2CN1Cc1nc2ccccc2c(=O)[nH]1. The van der Waals surface area contributed by atoms with E-state index in [0.29, 0.717) is 36.2 Å². The van der Waals surface area contributed by atoms with Gasteiger partial charge in [-0.2, -0.15) is 0 Å². The van der Waals surface area contributed by atoms with Gasteiger partial charge in [0.05, 0.1) is 24.6 Å². The number of carbonyl (C=O) groups excluding carboxylic acids is 1. The number of H-pyrrole nitrogens is 1. The Hall–Kier alpha value is -2.99. The summed E-state index contributed by atoms with van der Waals surface area (Å²) in [5.41, 5.74) is 2.81. The second-order valence-electron chi connectivity index (χ2n) is 6.45. The van der Waals surface area contributed by atoms with Crippen molar-refractivity contribution in [2.24, 2.45) is 0 Å². The molecule has 0 aliphatic carbocycles. The molecule has 1 aliphatic rings. The molecular formula is C20H19N3O3. The fourth-order valence-electron chi connectivity index (χ4n) is 3.51. The summed E-state index contributed by atoms with van der Waals surface area (Å²) in [5, 5.41) is 0.560. The molecule has 1 N–H and O–H groups in total. The summed E-state index contributed by atoms with van der Waals surface area (Å²) in [4.78, 5) is 34.0. The highest BCUT2D eigenvalue weighted by Gasteiger charge is 2.32. The van der Waals surface area contributed by atoms with Crippen LogP contribution in [0.3, 0.4) is 0 Å². The monoisotopic (exact) mass is 349 g/mol. The van der Waals surface area contributed by atoms with Crippen molar-refractivity contribution in [1.82, 2.24) is 14.9 Å². The summed E-state index contributed by atoms with van der Waals surface area (Å²) in [7, 11) is 1.40. The summed E-state index contributed by atoms with van der Waals surface area (Å²) < 4.78 is 4.99. The van der Waals surface area contributed by atoms with Crippen molar-refractivity contribution < 1.29 is 9.53 Å². The van der Waals surface area contributed by atoms with Crippen molar-refractivity contribution in [2.75, 3.05) is 7.11 Å². The molecule has 6 nitrogen and oxygen atoms in total. The number of aromatic amines is 1. The minimum Gasteiger partial charge on any atom is -0.468 e. The van der Waals surface area contributed by atoms with E-state index in [4.69, 9.17) is 4.74 Å².